The number of aromatic amines is 1. The number of carbonyl (C=O) groups excluding carboxylic acids is 1. The number of rotatable bonds is 10. The standard InChI is InChI=1S/C27H29BrIN3O3/c1-27(2,13-17-7-9-18(10-8-17)31-24(34)14-28)30-15-19(33)16-35-23-12-11-21(29)26-25(23)20-5-3-4-6-22(20)32-26/h3-12,19,30,32-33H,13-16H2,1-2H3,(H,31,34). The summed E-state index contributed by atoms with van der Waals surface area (Å²) in [6, 6.07) is 20.0. The molecule has 4 aromatic rings. The number of aliphatic hydroxyl groups excluding tert-OH is 1. The van der Waals surface area contributed by atoms with Crippen molar-refractivity contribution in [2.24, 2.45) is 0 Å². The summed E-state index contributed by atoms with van der Waals surface area (Å²) in [5.74, 6) is 0.690. The first-order valence-corrected chi connectivity index (χ1v) is 13.7. The minimum atomic E-state index is -0.657. The van der Waals surface area contributed by atoms with E-state index in [0.29, 0.717) is 6.54 Å². The maximum atomic E-state index is 11.5. The van der Waals surface area contributed by atoms with E-state index in [1.54, 1.807) is 0 Å². The summed E-state index contributed by atoms with van der Waals surface area (Å²) in [4.78, 5) is 15.0. The van der Waals surface area contributed by atoms with Crippen LogP contribution in [0.5, 0.6) is 5.75 Å². The molecular weight excluding hydrogens is 621 g/mol. The number of benzene rings is 3. The van der Waals surface area contributed by atoms with E-state index in [0.717, 1.165) is 48.8 Å². The number of aliphatic hydroxyl groups is 1. The molecule has 0 aliphatic rings. The Balaban J connectivity index is 1.34. The van der Waals surface area contributed by atoms with Gasteiger partial charge < -0.3 is 25.5 Å². The summed E-state index contributed by atoms with van der Waals surface area (Å²) in [7, 11) is 0. The second-order valence-electron chi connectivity index (χ2n) is 9.25. The zero-order valence-electron chi connectivity index (χ0n) is 19.7. The molecule has 1 aromatic heterocycles. The summed E-state index contributed by atoms with van der Waals surface area (Å²) >= 11 is 5.47. The summed E-state index contributed by atoms with van der Waals surface area (Å²) < 4.78 is 7.22. The van der Waals surface area contributed by atoms with Gasteiger partial charge in [-0.2, -0.15) is 0 Å². The molecule has 8 heteroatoms. The molecule has 1 heterocycles. The summed E-state index contributed by atoms with van der Waals surface area (Å²) in [6.07, 6.45) is 0.121. The average molecular weight is 650 g/mol. The van der Waals surface area contributed by atoms with Crippen LogP contribution in [0.25, 0.3) is 21.8 Å². The highest BCUT2D eigenvalue weighted by Gasteiger charge is 2.20. The number of hydrogen-bond donors (Lipinski definition) is 4. The van der Waals surface area contributed by atoms with Gasteiger partial charge in [-0.05, 0) is 78.8 Å². The van der Waals surface area contributed by atoms with Crippen molar-refractivity contribution >= 4 is 71.9 Å². The number of amides is 1. The fourth-order valence-corrected chi connectivity index (χ4v) is 4.85. The molecule has 1 unspecified atom stereocenters. The van der Waals surface area contributed by atoms with E-state index in [1.807, 2.05) is 48.5 Å². The molecule has 0 aliphatic heterocycles. The van der Waals surface area contributed by atoms with E-state index >= 15 is 0 Å². The van der Waals surface area contributed by atoms with Gasteiger partial charge in [0.15, 0.2) is 0 Å². The molecule has 0 saturated carbocycles. The van der Waals surface area contributed by atoms with E-state index in [1.165, 1.54) is 0 Å². The number of ether oxygens (including phenoxy) is 1. The normalized spacial score (nSPS) is 12.7. The highest BCUT2D eigenvalue weighted by molar-refractivity contribution is 14.1. The number of nitrogens with one attached hydrogen (secondary N) is 3. The van der Waals surface area contributed by atoms with Crippen molar-refractivity contribution in [3.63, 3.8) is 0 Å². The van der Waals surface area contributed by atoms with E-state index in [4.69, 9.17) is 4.74 Å². The van der Waals surface area contributed by atoms with Crippen LogP contribution in [-0.2, 0) is 11.2 Å². The minimum Gasteiger partial charge on any atom is -0.490 e. The molecule has 3 aromatic carbocycles. The van der Waals surface area contributed by atoms with Crippen molar-refractivity contribution in [3.05, 3.63) is 69.8 Å². The predicted molar refractivity (Wildman–Crippen MR) is 155 cm³/mol. The first-order chi connectivity index (χ1) is 16.8. The van der Waals surface area contributed by atoms with Gasteiger partial charge in [0.1, 0.15) is 18.5 Å². The zero-order chi connectivity index (χ0) is 25.0. The molecule has 6 nitrogen and oxygen atoms in total. The highest BCUT2D eigenvalue weighted by atomic mass is 127. The Morgan fingerprint density at radius 3 is 2.63 bits per heavy atom. The monoisotopic (exact) mass is 649 g/mol. The Morgan fingerprint density at radius 2 is 1.89 bits per heavy atom. The fourth-order valence-electron chi connectivity index (χ4n) is 4.12. The maximum absolute atomic E-state index is 11.5. The molecule has 1 atom stereocenters. The van der Waals surface area contributed by atoms with E-state index in [2.05, 4.69) is 80.1 Å². The second-order valence-corrected chi connectivity index (χ2v) is 11.0. The largest absolute Gasteiger partial charge is 0.490 e. The smallest absolute Gasteiger partial charge is 0.235 e. The molecule has 0 fully saturated rings. The van der Waals surface area contributed by atoms with Gasteiger partial charge in [0.25, 0.3) is 0 Å². The third-order valence-electron chi connectivity index (χ3n) is 5.82. The van der Waals surface area contributed by atoms with Crippen LogP contribution in [0, 0.1) is 3.57 Å². The zero-order valence-corrected chi connectivity index (χ0v) is 23.4. The number of fused-ring (bicyclic) bond motifs is 3. The van der Waals surface area contributed by atoms with E-state index in [-0.39, 0.29) is 23.4 Å². The molecule has 4 rings (SSSR count). The lowest BCUT2D eigenvalue weighted by atomic mass is 9.94. The molecule has 0 bridgehead atoms. The molecule has 35 heavy (non-hydrogen) atoms. The van der Waals surface area contributed by atoms with Gasteiger partial charge in [-0.1, -0.05) is 46.3 Å². The Morgan fingerprint density at radius 1 is 1.14 bits per heavy atom. The number of aromatic nitrogens is 1. The van der Waals surface area contributed by atoms with Gasteiger partial charge >= 0.3 is 0 Å². The van der Waals surface area contributed by atoms with Crippen LogP contribution in [-0.4, -0.2) is 46.1 Å². The first kappa shape index (κ1) is 25.9. The Labute approximate surface area is 227 Å². The Kier molecular flexibility index (Phi) is 8.36. The van der Waals surface area contributed by atoms with Gasteiger partial charge in [0.2, 0.25) is 5.91 Å². The lowest BCUT2D eigenvalue weighted by Crippen LogP contribution is -2.46. The van der Waals surface area contributed by atoms with Crippen molar-refractivity contribution < 1.29 is 14.6 Å². The lowest BCUT2D eigenvalue weighted by molar-refractivity contribution is -0.113. The number of para-hydroxylation sites is 1. The van der Waals surface area contributed by atoms with Crippen LogP contribution in [0.1, 0.15) is 19.4 Å². The molecule has 4 N–H and O–H groups in total. The summed E-state index contributed by atoms with van der Waals surface area (Å²) in [5, 5.41) is 19.3. The van der Waals surface area contributed by atoms with Gasteiger partial charge in [-0.25, -0.2) is 0 Å². The lowest BCUT2D eigenvalue weighted by Gasteiger charge is -2.28. The Bertz CT molecular complexity index is 1320. The third-order valence-corrected chi connectivity index (χ3v) is 7.23. The van der Waals surface area contributed by atoms with Gasteiger partial charge in [0.05, 0.1) is 16.2 Å². The number of alkyl halides is 1. The molecule has 0 aliphatic carbocycles. The topological polar surface area (TPSA) is 86.4 Å². The number of β-amino-alcohol motifs (C(OH)–C–C–N with tert-alkyl or cyclic N) is 1. The van der Waals surface area contributed by atoms with Crippen molar-refractivity contribution in [2.75, 3.05) is 23.8 Å². The van der Waals surface area contributed by atoms with Crippen LogP contribution >= 0.6 is 38.5 Å². The molecular formula is C27H29BrIN3O3. The molecule has 184 valence electrons. The molecule has 0 spiro atoms. The van der Waals surface area contributed by atoms with Crippen LogP contribution in [0.2, 0.25) is 0 Å². The van der Waals surface area contributed by atoms with Crippen molar-refractivity contribution in [2.45, 2.75) is 31.9 Å². The van der Waals surface area contributed by atoms with E-state index < -0.39 is 6.10 Å². The number of carbonyl (C=O) groups is 1. The average Bonchev–Trinajstić information content (AvgIpc) is 3.24. The predicted octanol–water partition coefficient (Wildman–Crippen LogP) is 5.61. The molecule has 0 radical (unpaired) electrons. The van der Waals surface area contributed by atoms with Gasteiger partial charge in [0, 0.05) is 32.2 Å². The maximum Gasteiger partial charge on any atom is 0.235 e. The van der Waals surface area contributed by atoms with Crippen LogP contribution < -0.4 is 15.4 Å². The van der Waals surface area contributed by atoms with E-state index in [9.17, 15) is 9.90 Å². The quantitative estimate of drug-likeness (QED) is 0.133. The van der Waals surface area contributed by atoms with Gasteiger partial charge in [-0.3, -0.25) is 4.79 Å². The van der Waals surface area contributed by atoms with Crippen LogP contribution in [0.15, 0.2) is 60.7 Å². The van der Waals surface area contributed by atoms with Crippen LogP contribution in [0.3, 0.4) is 0 Å². The molecule has 0 saturated heterocycles. The number of hydrogen-bond acceptors (Lipinski definition) is 4. The van der Waals surface area contributed by atoms with Gasteiger partial charge in [-0.15, -0.1) is 0 Å². The third kappa shape index (κ3) is 6.55. The first-order valence-electron chi connectivity index (χ1n) is 11.5. The summed E-state index contributed by atoms with van der Waals surface area (Å²) in [6.45, 7) is 4.82. The highest BCUT2D eigenvalue weighted by Crippen LogP contribution is 2.35. The fraction of sp³-hybridized carbons (Fsp3) is 0.296. The SMILES string of the molecule is CC(C)(Cc1ccc(NC(=O)CBr)cc1)NCC(O)COc1ccc(I)c2[nH]c3ccccc3c12. The van der Waals surface area contributed by atoms with Crippen LogP contribution in [0.4, 0.5) is 5.69 Å². The number of halogens is 2. The second kappa shape index (κ2) is 11.3. The van der Waals surface area contributed by atoms with Crippen molar-refractivity contribution in [1.29, 1.82) is 0 Å². The minimum absolute atomic E-state index is 0.0772. The Hall–Kier alpha value is -2.14. The summed E-state index contributed by atoms with van der Waals surface area (Å²) in [5.41, 5.74) is 3.81. The number of anilines is 1. The van der Waals surface area contributed by atoms with Crippen molar-refractivity contribution in [3.8, 4) is 5.75 Å². The molecule has 1 amide bonds. The number of H-pyrrole nitrogens is 1. The van der Waals surface area contributed by atoms with Crippen molar-refractivity contribution in [1.82, 2.24) is 10.3 Å².